The number of aliphatic hydroxyl groups is 2. The lowest BCUT2D eigenvalue weighted by molar-refractivity contribution is -0.182. The van der Waals surface area contributed by atoms with Crippen molar-refractivity contribution >= 4 is 17.5 Å². The molecule has 0 bridgehead atoms. The Hall–Kier alpha value is -1.79. The molecule has 6 heteroatoms. The third-order valence-corrected chi connectivity index (χ3v) is 9.06. The fourth-order valence-electron chi connectivity index (χ4n) is 7.26. The van der Waals surface area contributed by atoms with E-state index in [0.717, 1.165) is 18.4 Å². The first-order valence-corrected chi connectivity index (χ1v) is 11.8. The van der Waals surface area contributed by atoms with Crippen molar-refractivity contribution in [2.45, 2.75) is 78.4 Å². The molecule has 4 aliphatic carbocycles. The average Bonchev–Trinajstić information content (AvgIpc) is 2.97. The van der Waals surface area contributed by atoms with Crippen molar-refractivity contribution in [2.24, 2.45) is 34.0 Å². The quantitative estimate of drug-likeness (QED) is 0.649. The molecule has 0 aromatic carbocycles. The van der Waals surface area contributed by atoms with Crippen molar-refractivity contribution in [3.05, 3.63) is 23.8 Å². The Bertz CT molecular complexity index is 910. The summed E-state index contributed by atoms with van der Waals surface area (Å²) in [5.41, 5.74) is -2.45. The minimum atomic E-state index is -1.63. The highest BCUT2D eigenvalue weighted by atomic mass is 16.5. The maximum Gasteiger partial charge on any atom is 0.311 e. The summed E-state index contributed by atoms with van der Waals surface area (Å²) in [5.74, 6) is -0.791. The van der Waals surface area contributed by atoms with Gasteiger partial charge < -0.3 is 14.9 Å². The summed E-state index contributed by atoms with van der Waals surface area (Å²) < 4.78 is 5.24. The number of fused-ring (bicyclic) bond motifs is 5. The number of hydrogen-bond acceptors (Lipinski definition) is 6. The highest BCUT2D eigenvalue weighted by Crippen LogP contribution is 2.67. The summed E-state index contributed by atoms with van der Waals surface area (Å²) in [6.45, 7) is 8.73. The predicted molar refractivity (Wildman–Crippen MR) is 118 cm³/mol. The van der Waals surface area contributed by atoms with Crippen LogP contribution in [-0.2, 0) is 19.1 Å². The van der Waals surface area contributed by atoms with E-state index in [4.69, 9.17) is 4.74 Å². The van der Waals surface area contributed by atoms with Gasteiger partial charge >= 0.3 is 5.97 Å². The van der Waals surface area contributed by atoms with Gasteiger partial charge in [0, 0.05) is 16.7 Å². The average molecular weight is 445 g/mol. The summed E-state index contributed by atoms with van der Waals surface area (Å²) in [6.07, 6.45) is 7.48. The normalized spacial score (nSPS) is 43.1. The Kier molecular flexibility index (Phi) is 5.37. The fraction of sp³-hybridized carbons (Fsp3) is 0.731. The largest absolute Gasteiger partial charge is 0.457 e. The molecular weight excluding hydrogens is 408 g/mol. The highest BCUT2D eigenvalue weighted by Gasteiger charge is 2.68. The molecule has 7 atom stereocenters. The number of aliphatic hydroxyl groups excluding tert-OH is 1. The van der Waals surface area contributed by atoms with E-state index < -0.39 is 40.9 Å². The smallest absolute Gasteiger partial charge is 0.311 e. The van der Waals surface area contributed by atoms with Gasteiger partial charge in [0.15, 0.2) is 12.4 Å². The van der Waals surface area contributed by atoms with Gasteiger partial charge in [-0.3, -0.25) is 14.4 Å². The second-order valence-electron chi connectivity index (χ2n) is 11.9. The number of carbonyl (C=O) groups excluding carboxylic acids is 3. The lowest BCUT2D eigenvalue weighted by atomic mass is 9.46. The van der Waals surface area contributed by atoms with Crippen molar-refractivity contribution in [1.82, 2.24) is 0 Å². The number of carbonyl (C=O) groups is 3. The van der Waals surface area contributed by atoms with Gasteiger partial charge in [0.05, 0.1) is 11.5 Å². The lowest BCUT2D eigenvalue weighted by Crippen LogP contribution is -2.61. The third kappa shape index (κ3) is 3.25. The summed E-state index contributed by atoms with van der Waals surface area (Å²) in [5, 5.41) is 23.0. The van der Waals surface area contributed by atoms with Crippen LogP contribution in [0.2, 0.25) is 0 Å². The Labute approximate surface area is 190 Å². The standard InChI is InChI=1S/C26H36O6/c1-23(2,3)22(30)32-14-20(29)26(31)11-9-18-17-7-6-15-12-16(27)8-10-24(15,4)21(17)19(28)13-25(18,26)5/h8,10,12,17-19,21,28,31H,6-7,9,11,13-14H2,1-5H3/t17-,18+,19-,21+,24-,25-,26-/m0/s1. The molecule has 0 heterocycles. The van der Waals surface area contributed by atoms with Gasteiger partial charge in [-0.2, -0.15) is 0 Å². The van der Waals surface area contributed by atoms with Crippen LogP contribution in [0.4, 0.5) is 0 Å². The van der Waals surface area contributed by atoms with Crippen LogP contribution < -0.4 is 0 Å². The summed E-state index contributed by atoms with van der Waals surface area (Å²) >= 11 is 0. The summed E-state index contributed by atoms with van der Waals surface area (Å²) in [7, 11) is 0. The molecule has 6 nitrogen and oxygen atoms in total. The van der Waals surface area contributed by atoms with Crippen LogP contribution in [0.1, 0.15) is 66.7 Å². The van der Waals surface area contributed by atoms with Gasteiger partial charge in [-0.05, 0) is 76.9 Å². The van der Waals surface area contributed by atoms with E-state index in [0.29, 0.717) is 19.3 Å². The molecule has 32 heavy (non-hydrogen) atoms. The number of rotatable bonds is 3. The van der Waals surface area contributed by atoms with Crippen LogP contribution in [0.25, 0.3) is 0 Å². The molecule has 3 saturated carbocycles. The molecule has 0 unspecified atom stereocenters. The predicted octanol–water partition coefficient (Wildman–Crippen LogP) is 3.15. The topological polar surface area (TPSA) is 101 Å². The van der Waals surface area contributed by atoms with Crippen LogP contribution in [0.3, 0.4) is 0 Å². The van der Waals surface area contributed by atoms with Crippen molar-refractivity contribution < 1.29 is 29.3 Å². The van der Waals surface area contributed by atoms with Crippen molar-refractivity contribution in [2.75, 3.05) is 6.61 Å². The van der Waals surface area contributed by atoms with E-state index >= 15 is 0 Å². The van der Waals surface area contributed by atoms with E-state index in [2.05, 4.69) is 6.92 Å². The molecule has 0 amide bonds. The molecule has 0 aliphatic heterocycles. The third-order valence-electron chi connectivity index (χ3n) is 9.06. The van der Waals surface area contributed by atoms with Crippen LogP contribution >= 0.6 is 0 Å². The Morgan fingerprint density at radius 1 is 1.22 bits per heavy atom. The molecule has 0 aromatic heterocycles. The minimum absolute atomic E-state index is 0.00305. The van der Waals surface area contributed by atoms with Crippen LogP contribution in [0.15, 0.2) is 23.8 Å². The zero-order valence-corrected chi connectivity index (χ0v) is 19.8. The van der Waals surface area contributed by atoms with Gasteiger partial charge in [0.25, 0.3) is 0 Å². The Morgan fingerprint density at radius 2 is 1.91 bits per heavy atom. The van der Waals surface area contributed by atoms with E-state index in [1.54, 1.807) is 32.9 Å². The van der Waals surface area contributed by atoms with Gasteiger partial charge in [-0.1, -0.05) is 25.5 Å². The van der Waals surface area contributed by atoms with Crippen molar-refractivity contribution in [1.29, 1.82) is 0 Å². The maximum absolute atomic E-state index is 13.2. The molecular formula is C26H36O6. The zero-order chi connectivity index (χ0) is 23.7. The van der Waals surface area contributed by atoms with Gasteiger partial charge in [-0.25, -0.2) is 0 Å². The first kappa shape index (κ1) is 23.4. The fourth-order valence-corrected chi connectivity index (χ4v) is 7.26. The van der Waals surface area contributed by atoms with E-state index in [9.17, 15) is 24.6 Å². The number of hydrogen-bond donors (Lipinski definition) is 2. The first-order valence-electron chi connectivity index (χ1n) is 11.8. The van der Waals surface area contributed by atoms with E-state index in [1.807, 2.05) is 13.0 Å². The number of esters is 1. The SMILES string of the molecule is CC(C)(C)C(=O)OCC(=O)[C@@]1(O)CC[C@@H]2[C@@H]3CCC4=CC(=O)C=C[C@]4(C)[C@H]3[C@@H](O)C[C@@]21C. The summed E-state index contributed by atoms with van der Waals surface area (Å²) in [4.78, 5) is 37.3. The molecule has 2 N–H and O–H groups in total. The molecule has 176 valence electrons. The van der Waals surface area contributed by atoms with Crippen LogP contribution in [0.5, 0.6) is 0 Å². The number of allylic oxidation sites excluding steroid dienone is 4. The highest BCUT2D eigenvalue weighted by molar-refractivity contribution is 6.01. The molecule has 0 radical (unpaired) electrons. The number of Topliss-reactive ketones (excluding diaryl/α,β-unsaturated/α-hetero) is 1. The van der Waals surface area contributed by atoms with Crippen LogP contribution in [-0.4, -0.2) is 46.1 Å². The zero-order valence-electron chi connectivity index (χ0n) is 19.8. The van der Waals surface area contributed by atoms with E-state index in [1.165, 1.54) is 0 Å². The van der Waals surface area contributed by atoms with Gasteiger partial charge in [0.1, 0.15) is 5.60 Å². The number of ketones is 2. The Balaban J connectivity index is 1.60. The molecule has 0 saturated heterocycles. The Morgan fingerprint density at radius 3 is 2.56 bits per heavy atom. The second-order valence-corrected chi connectivity index (χ2v) is 11.9. The first-order chi connectivity index (χ1) is 14.7. The van der Waals surface area contributed by atoms with E-state index in [-0.39, 0.29) is 29.0 Å². The molecule has 4 rings (SSSR count). The molecule has 4 aliphatic rings. The van der Waals surface area contributed by atoms with Crippen LogP contribution in [0, 0.1) is 34.0 Å². The van der Waals surface area contributed by atoms with Gasteiger partial charge in [-0.15, -0.1) is 0 Å². The lowest BCUT2D eigenvalue weighted by Gasteiger charge is -2.59. The summed E-state index contributed by atoms with van der Waals surface area (Å²) in [6, 6.07) is 0. The molecule has 0 aromatic rings. The van der Waals surface area contributed by atoms with Crippen molar-refractivity contribution in [3.8, 4) is 0 Å². The maximum atomic E-state index is 13.2. The molecule has 0 spiro atoms. The number of ether oxygens (including phenoxy) is 1. The molecule has 3 fully saturated rings. The van der Waals surface area contributed by atoms with Crippen molar-refractivity contribution in [3.63, 3.8) is 0 Å². The van der Waals surface area contributed by atoms with Gasteiger partial charge in [0.2, 0.25) is 5.78 Å². The minimum Gasteiger partial charge on any atom is -0.457 e. The second kappa shape index (κ2) is 7.36. The monoisotopic (exact) mass is 444 g/mol.